The van der Waals surface area contributed by atoms with Gasteiger partial charge in [-0.3, -0.25) is 0 Å². The van der Waals surface area contributed by atoms with Gasteiger partial charge in [0, 0.05) is 18.5 Å². The predicted molar refractivity (Wildman–Crippen MR) is 84.7 cm³/mol. The van der Waals surface area contributed by atoms with Crippen LogP contribution in [0.1, 0.15) is 28.5 Å². The maximum atomic E-state index is 12.8. The number of rotatable bonds is 4. The third-order valence-electron chi connectivity index (χ3n) is 4.01. The maximum Gasteiger partial charge on any atom is 0.252 e. The summed E-state index contributed by atoms with van der Waals surface area (Å²) in [6.45, 7) is 0.371. The summed E-state index contributed by atoms with van der Waals surface area (Å²) < 4.78 is 27.4. The molecule has 1 aromatic heterocycles. The second-order valence-corrected chi connectivity index (χ2v) is 8.59. The molecular weight excluding hydrogens is 304 g/mol. The van der Waals surface area contributed by atoms with Crippen LogP contribution < -0.4 is 5.73 Å². The van der Waals surface area contributed by atoms with Gasteiger partial charge in [0.25, 0.3) is 10.0 Å². The molecule has 0 fully saturated rings. The number of benzene rings is 1. The Morgan fingerprint density at radius 2 is 2.05 bits per heavy atom. The van der Waals surface area contributed by atoms with E-state index in [2.05, 4.69) is 6.07 Å². The first kappa shape index (κ1) is 14.7. The molecular formula is C15H18N2O2S2. The minimum Gasteiger partial charge on any atom is -0.326 e. The monoisotopic (exact) mass is 322 g/mol. The maximum absolute atomic E-state index is 12.8. The SMILES string of the molecule is CN(C1CCc2ccccc21)S(=O)(=O)c1ccc(CN)s1. The van der Waals surface area contributed by atoms with Crippen LogP contribution in [0.5, 0.6) is 0 Å². The Labute approximate surface area is 129 Å². The van der Waals surface area contributed by atoms with E-state index >= 15 is 0 Å². The van der Waals surface area contributed by atoms with Crippen molar-refractivity contribution < 1.29 is 8.42 Å². The van der Waals surface area contributed by atoms with Crippen molar-refractivity contribution in [2.45, 2.75) is 29.6 Å². The fraction of sp³-hybridized carbons (Fsp3) is 0.333. The van der Waals surface area contributed by atoms with E-state index in [1.807, 2.05) is 18.2 Å². The van der Waals surface area contributed by atoms with Crippen LogP contribution in [0.25, 0.3) is 0 Å². The smallest absolute Gasteiger partial charge is 0.252 e. The molecule has 21 heavy (non-hydrogen) atoms. The van der Waals surface area contributed by atoms with Gasteiger partial charge < -0.3 is 5.73 Å². The summed E-state index contributed by atoms with van der Waals surface area (Å²) in [6, 6.07) is 11.4. The van der Waals surface area contributed by atoms with E-state index in [4.69, 9.17) is 5.73 Å². The Kier molecular flexibility index (Phi) is 3.88. The van der Waals surface area contributed by atoms with Crippen LogP contribution in [-0.4, -0.2) is 19.8 Å². The van der Waals surface area contributed by atoms with Crippen LogP contribution in [0.2, 0.25) is 0 Å². The van der Waals surface area contributed by atoms with E-state index in [1.54, 1.807) is 19.2 Å². The van der Waals surface area contributed by atoms with Gasteiger partial charge in [0.2, 0.25) is 0 Å². The van der Waals surface area contributed by atoms with Crippen LogP contribution in [-0.2, 0) is 23.0 Å². The van der Waals surface area contributed by atoms with Crippen LogP contribution in [0.15, 0.2) is 40.6 Å². The van der Waals surface area contributed by atoms with Gasteiger partial charge in [-0.2, -0.15) is 4.31 Å². The van der Waals surface area contributed by atoms with E-state index in [9.17, 15) is 8.42 Å². The molecule has 112 valence electrons. The molecule has 1 heterocycles. The quantitative estimate of drug-likeness (QED) is 0.941. The molecule has 1 aliphatic carbocycles. The zero-order valence-corrected chi connectivity index (χ0v) is 13.5. The Hall–Kier alpha value is -1.21. The molecule has 0 spiro atoms. The first-order valence-electron chi connectivity index (χ1n) is 6.88. The van der Waals surface area contributed by atoms with Gasteiger partial charge in [0.1, 0.15) is 4.21 Å². The molecule has 4 nitrogen and oxygen atoms in total. The molecule has 2 N–H and O–H groups in total. The number of hydrogen-bond acceptors (Lipinski definition) is 4. The third-order valence-corrected chi connectivity index (χ3v) is 7.45. The van der Waals surface area contributed by atoms with Crippen LogP contribution in [0.3, 0.4) is 0 Å². The molecule has 0 saturated carbocycles. The number of sulfonamides is 1. The average molecular weight is 322 g/mol. The largest absolute Gasteiger partial charge is 0.326 e. The van der Waals surface area contributed by atoms with Gasteiger partial charge in [-0.1, -0.05) is 24.3 Å². The van der Waals surface area contributed by atoms with Crippen molar-refractivity contribution in [2.24, 2.45) is 5.73 Å². The van der Waals surface area contributed by atoms with E-state index in [0.717, 1.165) is 23.3 Å². The lowest BCUT2D eigenvalue weighted by atomic mass is 10.1. The van der Waals surface area contributed by atoms with Crippen LogP contribution in [0, 0.1) is 0 Å². The summed E-state index contributed by atoms with van der Waals surface area (Å²) in [6.07, 6.45) is 1.77. The minimum atomic E-state index is -3.46. The van der Waals surface area contributed by atoms with Crippen LogP contribution in [0.4, 0.5) is 0 Å². The summed E-state index contributed by atoms with van der Waals surface area (Å²) in [5.74, 6) is 0. The number of aryl methyl sites for hydroxylation is 1. The van der Waals surface area contributed by atoms with Crippen molar-refractivity contribution in [2.75, 3.05) is 7.05 Å². The highest BCUT2D eigenvalue weighted by atomic mass is 32.2. The average Bonchev–Trinajstić information content (AvgIpc) is 3.13. The lowest BCUT2D eigenvalue weighted by molar-refractivity contribution is 0.375. The van der Waals surface area contributed by atoms with E-state index in [1.165, 1.54) is 21.2 Å². The Morgan fingerprint density at radius 1 is 1.29 bits per heavy atom. The molecule has 2 aromatic rings. The van der Waals surface area contributed by atoms with Crippen molar-refractivity contribution >= 4 is 21.4 Å². The first-order valence-corrected chi connectivity index (χ1v) is 9.14. The highest BCUT2D eigenvalue weighted by Gasteiger charge is 2.33. The fourth-order valence-electron chi connectivity index (χ4n) is 2.83. The van der Waals surface area contributed by atoms with Gasteiger partial charge in [-0.15, -0.1) is 11.3 Å². The molecule has 0 amide bonds. The highest BCUT2D eigenvalue weighted by Crippen LogP contribution is 2.38. The Balaban J connectivity index is 1.93. The third kappa shape index (κ3) is 2.53. The zero-order valence-electron chi connectivity index (χ0n) is 11.8. The molecule has 0 saturated heterocycles. The van der Waals surface area contributed by atoms with Crippen molar-refractivity contribution in [1.82, 2.24) is 4.31 Å². The molecule has 6 heteroatoms. The molecule has 1 unspecified atom stereocenters. The van der Waals surface area contributed by atoms with Gasteiger partial charge in [0.15, 0.2) is 0 Å². The second-order valence-electron chi connectivity index (χ2n) is 5.20. The summed E-state index contributed by atoms with van der Waals surface area (Å²) in [5.41, 5.74) is 7.94. The summed E-state index contributed by atoms with van der Waals surface area (Å²) >= 11 is 1.25. The van der Waals surface area contributed by atoms with Crippen molar-refractivity contribution in [3.05, 3.63) is 52.4 Å². The van der Waals surface area contributed by atoms with Gasteiger partial charge >= 0.3 is 0 Å². The van der Waals surface area contributed by atoms with Crippen molar-refractivity contribution in [3.8, 4) is 0 Å². The number of fused-ring (bicyclic) bond motifs is 1. The molecule has 0 bridgehead atoms. The molecule has 1 atom stereocenters. The zero-order chi connectivity index (χ0) is 15.0. The lowest BCUT2D eigenvalue weighted by Gasteiger charge is -2.24. The fourth-order valence-corrected chi connectivity index (χ4v) is 5.62. The summed E-state index contributed by atoms with van der Waals surface area (Å²) in [5, 5.41) is 0. The molecule has 0 aliphatic heterocycles. The number of nitrogens with zero attached hydrogens (tertiary/aromatic N) is 1. The first-order chi connectivity index (χ1) is 10.0. The summed E-state index contributed by atoms with van der Waals surface area (Å²) in [7, 11) is -1.79. The molecule has 1 aromatic carbocycles. The normalized spacial score (nSPS) is 18.1. The Bertz CT molecular complexity index is 753. The standard InChI is InChI=1S/C15H18N2O2S2/c1-17(14-8-6-11-4-2-3-5-13(11)14)21(18,19)15-9-7-12(10-16)20-15/h2-5,7,9,14H,6,8,10,16H2,1H3. The number of thiophene rings is 1. The predicted octanol–water partition coefficient (Wildman–Crippen LogP) is 2.51. The van der Waals surface area contributed by atoms with Crippen molar-refractivity contribution in [3.63, 3.8) is 0 Å². The van der Waals surface area contributed by atoms with E-state index in [-0.39, 0.29) is 6.04 Å². The topological polar surface area (TPSA) is 63.4 Å². The number of hydrogen-bond donors (Lipinski definition) is 1. The highest BCUT2D eigenvalue weighted by molar-refractivity contribution is 7.91. The van der Waals surface area contributed by atoms with E-state index < -0.39 is 10.0 Å². The van der Waals surface area contributed by atoms with Gasteiger partial charge in [0.05, 0.1) is 6.04 Å². The van der Waals surface area contributed by atoms with Gasteiger partial charge in [-0.05, 0) is 36.1 Å². The second kappa shape index (κ2) is 5.53. The van der Waals surface area contributed by atoms with Gasteiger partial charge in [-0.25, -0.2) is 8.42 Å². The van der Waals surface area contributed by atoms with E-state index in [0.29, 0.717) is 10.8 Å². The minimum absolute atomic E-state index is 0.0744. The van der Waals surface area contributed by atoms with Crippen molar-refractivity contribution in [1.29, 1.82) is 0 Å². The molecule has 3 rings (SSSR count). The molecule has 1 aliphatic rings. The lowest BCUT2D eigenvalue weighted by Crippen LogP contribution is -2.29. The number of nitrogens with two attached hydrogens (primary N) is 1. The van der Waals surface area contributed by atoms with Crippen LogP contribution >= 0.6 is 11.3 Å². The summed E-state index contributed by atoms with van der Waals surface area (Å²) in [4.78, 5) is 0.883. The molecule has 0 radical (unpaired) electrons. The Morgan fingerprint density at radius 3 is 2.76 bits per heavy atom.